The van der Waals surface area contributed by atoms with Gasteiger partial charge in [0.2, 0.25) is 10.0 Å². The number of likely N-dealkylation sites (N-methyl/N-ethyl adjacent to an activating group) is 1. The highest BCUT2D eigenvalue weighted by molar-refractivity contribution is 7.89. The molecule has 156 valence electrons. The second-order valence-electron chi connectivity index (χ2n) is 7.26. The van der Waals surface area contributed by atoms with Gasteiger partial charge in [-0.2, -0.15) is 0 Å². The van der Waals surface area contributed by atoms with Crippen LogP contribution in [0.15, 0.2) is 47.4 Å². The molecule has 3 rings (SSSR count). The predicted molar refractivity (Wildman–Crippen MR) is 115 cm³/mol. The molecule has 2 aromatic rings. The lowest BCUT2D eigenvalue weighted by Gasteiger charge is -2.25. The van der Waals surface area contributed by atoms with Crippen LogP contribution in [0.4, 0.5) is 0 Å². The summed E-state index contributed by atoms with van der Waals surface area (Å²) in [5.41, 5.74) is 1.12. The van der Waals surface area contributed by atoms with Gasteiger partial charge in [0, 0.05) is 12.6 Å². The van der Waals surface area contributed by atoms with Crippen molar-refractivity contribution in [1.82, 2.24) is 14.9 Å². The number of amides is 1. The first-order valence-electron chi connectivity index (χ1n) is 9.20. The Morgan fingerprint density at radius 1 is 1.14 bits per heavy atom. The van der Waals surface area contributed by atoms with Crippen LogP contribution in [-0.2, 0) is 10.0 Å². The fourth-order valence-corrected chi connectivity index (χ4v) is 5.12. The fourth-order valence-electron chi connectivity index (χ4n) is 2.95. The van der Waals surface area contributed by atoms with Gasteiger partial charge in [-0.1, -0.05) is 53.5 Å². The van der Waals surface area contributed by atoms with Crippen molar-refractivity contribution in [3.05, 3.63) is 63.6 Å². The van der Waals surface area contributed by atoms with Crippen LogP contribution in [0.1, 0.15) is 34.8 Å². The van der Waals surface area contributed by atoms with Crippen molar-refractivity contribution in [2.24, 2.45) is 0 Å². The number of benzene rings is 2. The molecule has 2 N–H and O–H groups in total. The molecule has 29 heavy (non-hydrogen) atoms. The quantitative estimate of drug-likeness (QED) is 0.638. The normalized spacial score (nSPS) is 15.3. The summed E-state index contributed by atoms with van der Waals surface area (Å²) in [5.74, 6) is -0.461. The van der Waals surface area contributed by atoms with Crippen LogP contribution >= 0.6 is 23.2 Å². The molecule has 1 aliphatic carbocycles. The number of halogens is 2. The van der Waals surface area contributed by atoms with Crippen molar-refractivity contribution in [3.8, 4) is 0 Å². The summed E-state index contributed by atoms with van der Waals surface area (Å²) >= 11 is 12.3. The monoisotopic (exact) mass is 455 g/mol. The summed E-state index contributed by atoms with van der Waals surface area (Å²) in [4.78, 5) is 14.6. The third-order valence-electron chi connectivity index (χ3n) is 4.72. The first-order valence-corrected chi connectivity index (χ1v) is 11.4. The molecule has 6 nitrogen and oxygen atoms in total. The minimum atomic E-state index is -3.82. The lowest BCUT2D eigenvalue weighted by molar-refractivity contribution is 0.0942. The van der Waals surface area contributed by atoms with E-state index in [1.165, 1.54) is 12.1 Å². The molecule has 1 amide bonds. The van der Waals surface area contributed by atoms with Gasteiger partial charge in [-0.05, 0) is 44.6 Å². The van der Waals surface area contributed by atoms with Gasteiger partial charge in [0.15, 0.2) is 0 Å². The van der Waals surface area contributed by atoms with Gasteiger partial charge in [-0.25, -0.2) is 13.1 Å². The smallest absolute Gasteiger partial charge is 0.252 e. The molecule has 1 aliphatic rings. The van der Waals surface area contributed by atoms with Crippen molar-refractivity contribution < 1.29 is 13.2 Å². The van der Waals surface area contributed by atoms with Crippen LogP contribution in [0.25, 0.3) is 0 Å². The Morgan fingerprint density at radius 3 is 2.38 bits per heavy atom. The first-order chi connectivity index (χ1) is 13.7. The van der Waals surface area contributed by atoms with E-state index in [0.29, 0.717) is 6.54 Å². The Labute approximate surface area is 181 Å². The summed E-state index contributed by atoms with van der Waals surface area (Å²) in [6, 6.07) is 12.2. The highest BCUT2D eigenvalue weighted by Gasteiger charge is 2.30. The lowest BCUT2D eigenvalue weighted by Crippen LogP contribution is -2.35. The summed E-state index contributed by atoms with van der Waals surface area (Å²) in [6.07, 6.45) is 1.59. The zero-order valence-corrected chi connectivity index (χ0v) is 18.5. The predicted octanol–water partition coefficient (Wildman–Crippen LogP) is 3.47. The Bertz CT molecular complexity index is 994. The summed E-state index contributed by atoms with van der Waals surface area (Å²) in [7, 11) is 0.0309. The number of hydrogen-bond donors (Lipinski definition) is 2. The third-order valence-corrected chi connectivity index (χ3v) is 7.02. The SMILES string of the molecule is CN(C)C(CNC(=O)c1cc(S(=O)(=O)NC2CC2)c(Cl)cc1Cl)c1ccccc1. The molecule has 0 bridgehead atoms. The number of carbonyl (C=O) groups is 1. The van der Waals surface area contributed by atoms with Crippen molar-refractivity contribution >= 4 is 39.1 Å². The highest BCUT2D eigenvalue weighted by Crippen LogP contribution is 2.30. The van der Waals surface area contributed by atoms with E-state index in [1.54, 1.807) is 0 Å². The largest absolute Gasteiger partial charge is 0.350 e. The zero-order chi connectivity index (χ0) is 21.2. The Morgan fingerprint density at radius 2 is 1.79 bits per heavy atom. The van der Waals surface area contributed by atoms with E-state index in [4.69, 9.17) is 23.2 Å². The van der Waals surface area contributed by atoms with E-state index in [9.17, 15) is 13.2 Å². The number of rotatable bonds is 8. The maximum absolute atomic E-state index is 12.8. The van der Waals surface area contributed by atoms with E-state index in [1.807, 2.05) is 49.3 Å². The van der Waals surface area contributed by atoms with Crippen molar-refractivity contribution in [2.45, 2.75) is 29.8 Å². The average molecular weight is 456 g/mol. The Balaban J connectivity index is 1.80. The second kappa shape index (κ2) is 9.02. The van der Waals surface area contributed by atoms with E-state index in [0.717, 1.165) is 18.4 Å². The molecule has 0 saturated heterocycles. The van der Waals surface area contributed by atoms with E-state index in [2.05, 4.69) is 10.0 Å². The minimum absolute atomic E-state index is 0.0184. The molecule has 1 saturated carbocycles. The summed E-state index contributed by atoms with van der Waals surface area (Å²) in [6.45, 7) is 0.331. The maximum atomic E-state index is 12.8. The zero-order valence-electron chi connectivity index (χ0n) is 16.2. The second-order valence-corrected chi connectivity index (χ2v) is 9.75. The van der Waals surface area contributed by atoms with Crippen LogP contribution < -0.4 is 10.0 Å². The molecule has 0 aliphatic heterocycles. The molecule has 2 aromatic carbocycles. The standard InChI is InChI=1S/C20H23Cl2N3O3S/c1-25(2)18(13-6-4-3-5-7-13)12-23-20(26)15-10-19(17(22)11-16(15)21)29(27,28)24-14-8-9-14/h3-7,10-11,14,18,24H,8-9,12H2,1-2H3,(H,23,26). The van der Waals surface area contributed by atoms with E-state index in [-0.39, 0.29) is 32.6 Å². The molecule has 9 heteroatoms. The topological polar surface area (TPSA) is 78.5 Å². The molecule has 0 heterocycles. The van der Waals surface area contributed by atoms with Gasteiger partial charge >= 0.3 is 0 Å². The average Bonchev–Trinajstić information content (AvgIpc) is 3.45. The van der Waals surface area contributed by atoms with Crippen LogP contribution in [0, 0.1) is 0 Å². The lowest BCUT2D eigenvalue weighted by atomic mass is 10.1. The van der Waals surface area contributed by atoms with E-state index >= 15 is 0 Å². The summed E-state index contributed by atoms with van der Waals surface area (Å²) < 4.78 is 27.7. The van der Waals surface area contributed by atoms with Gasteiger partial charge in [0.1, 0.15) is 4.90 Å². The number of nitrogens with zero attached hydrogens (tertiary/aromatic N) is 1. The van der Waals surface area contributed by atoms with Gasteiger partial charge in [-0.15, -0.1) is 0 Å². The van der Waals surface area contributed by atoms with Crippen LogP contribution in [0.5, 0.6) is 0 Å². The molecule has 1 unspecified atom stereocenters. The minimum Gasteiger partial charge on any atom is -0.350 e. The molecular weight excluding hydrogens is 433 g/mol. The van der Waals surface area contributed by atoms with Crippen molar-refractivity contribution in [2.75, 3.05) is 20.6 Å². The molecule has 1 atom stereocenters. The van der Waals surface area contributed by atoms with Crippen LogP contribution in [0.3, 0.4) is 0 Å². The van der Waals surface area contributed by atoms with Gasteiger partial charge in [-0.3, -0.25) is 4.79 Å². The number of nitrogens with one attached hydrogen (secondary N) is 2. The maximum Gasteiger partial charge on any atom is 0.252 e. The molecule has 1 fully saturated rings. The highest BCUT2D eigenvalue weighted by atomic mass is 35.5. The summed E-state index contributed by atoms with van der Waals surface area (Å²) in [5, 5.41) is 2.93. The molecule has 0 spiro atoms. The van der Waals surface area contributed by atoms with Crippen molar-refractivity contribution in [3.63, 3.8) is 0 Å². The third kappa shape index (κ3) is 5.49. The van der Waals surface area contributed by atoms with Gasteiger partial charge in [0.25, 0.3) is 5.91 Å². The fraction of sp³-hybridized carbons (Fsp3) is 0.350. The molecule has 0 radical (unpaired) electrons. The first kappa shape index (κ1) is 22.1. The number of hydrogen-bond acceptors (Lipinski definition) is 4. The molecule has 0 aromatic heterocycles. The Hall–Kier alpha value is -1.64. The van der Waals surface area contributed by atoms with Crippen LogP contribution in [0.2, 0.25) is 10.0 Å². The number of carbonyl (C=O) groups excluding carboxylic acids is 1. The van der Waals surface area contributed by atoms with Gasteiger partial charge in [0.05, 0.1) is 21.7 Å². The van der Waals surface area contributed by atoms with Crippen LogP contribution in [-0.4, -0.2) is 45.9 Å². The van der Waals surface area contributed by atoms with Gasteiger partial charge < -0.3 is 10.2 Å². The Kier molecular flexibility index (Phi) is 6.86. The van der Waals surface area contributed by atoms with Crippen molar-refractivity contribution in [1.29, 1.82) is 0 Å². The number of sulfonamides is 1. The van der Waals surface area contributed by atoms with E-state index < -0.39 is 15.9 Å². The molecular formula is C20H23Cl2N3O3S.